The second kappa shape index (κ2) is 7.28. The fourth-order valence-electron chi connectivity index (χ4n) is 3.37. The number of hydrogen-bond acceptors (Lipinski definition) is 4. The quantitative estimate of drug-likeness (QED) is 0.656. The van der Waals surface area contributed by atoms with E-state index in [0.717, 1.165) is 27.3 Å². The van der Waals surface area contributed by atoms with Gasteiger partial charge in [0, 0.05) is 22.6 Å². The van der Waals surface area contributed by atoms with Gasteiger partial charge < -0.3 is 4.57 Å². The van der Waals surface area contributed by atoms with E-state index < -0.39 is 5.56 Å². The Labute approximate surface area is 163 Å². The molecule has 2 aromatic heterocycles. The van der Waals surface area contributed by atoms with Crippen molar-refractivity contribution in [2.75, 3.05) is 0 Å². The second-order valence-corrected chi connectivity index (χ2v) is 7.04. The summed E-state index contributed by atoms with van der Waals surface area (Å²) in [7, 11) is 0. The van der Waals surface area contributed by atoms with Crippen LogP contribution in [0.3, 0.4) is 0 Å². The molecule has 0 N–H and O–H groups in total. The topological polar surface area (TPSA) is 80.7 Å². The van der Waals surface area contributed by atoms with Crippen LogP contribution in [0.5, 0.6) is 0 Å². The molecule has 6 heteroatoms. The lowest BCUT2D eigenvalue weighted by Crippen LogP contribution is -2.30. The zero-order chi connectivity index (χ0) is 20.6. The summed E-state index contributed by atoms with van der Waals surface area (Å²) in [5.74, 6) is -0.215. The Bertz CT molecular complexity index is 1180. The summed E-state index contributed by atoms with van der Waals surface area (Å²) in [6.45, 7) is 9.06. The van der Waals surface area contributed by atoms with Crippen LogP contribution in [0, 0.1) is 45.9 Å². The molecule has 6 nitrogen and oxygen atoms in total. The van der Waals surface area contributed by atoms with E-state index >= 15 is 0 Å². The molecule has 28 heavy (non-hydrogen) atoms. The number of rotatable bonds is 4. The van der Waals surface area contributed by atoms with Gasteiger partial charge in [0.1, 0.15) is 18.2 Å². The van der Waals surface area contributed by atoms with Crippen LogP contribution in [0.2, 0.25) is 0 Å². The Kier molecular flexibility index (Phi) is 5.02. The van der Waals surface area contributed by atoms with Crippen molar-refractivity contribution in [1.82, 2.24) is 14.3 Å². The van der Waals surface area contributed by atoms with Crippen molar-refractivity contribution in [2.45, 2.75) is 41.2 Å². The van der Waals surface area contributed by atoms with Gasteiger partial charge in [-0.2, -0.15) is 10.4 Å². The third kappa shape index (κ3) is 3.27. The van der Waals surface area contributed by atoms with Gasteiger partial charge in [-0.15, -0.1) is 0 Å². The Balaban J connectivity index is 2.01. The molecule has 0 unspecified atom stereocenters. The van der Waals surface area contributed by atoms with Crippen LogP contribution < -0.4 is 5.56 Å². The van der Waals surface area contributed by atoms with Gasteiger partial charge in [0.05, 0.1) is 5.69 Å². The van der Waals surface area contributed by atoms with Crippen molar-refractivity contribution in [3.05, 3.63) is 80.0 Å². The van der Waals surface area contributed by atoms with E-state index in [2.05, 4.69) is 5.10 Å². The largest absolute Gasteiger partial charge is 0.318 e. The summed E-state index contributed by atoms with van der Waals surface area (Å²) in [5, 5.41) is 13.4. The first-order valence-corrected chi connectivity index (χ1v) is 9.02. The van der Waals surface area contributed by atoms with Gasteiger partial charge in [-0.25, -0.2) is 4.68 Å². The van der Waals surface area contributed by atoms with Crippen molar-refractivity contribution in [3.63, 3.8) is 0 Å². The SMILES string of the molecule is Cc1ccc(-n2c(C)cc(C(=O)Cn3nc(C)c(C)c(C#N)c3=O)c2C)cc1. The third-order valence-electron chi connectivity index (χ3n) is 5.07. The summed E-state index contributed by atoms with van der Waals surface area (Å²) < 4.78 is 3.10. The fourth-order valence-corrected chi connectivity index (χ4v) is 3.37. The molecule has 3 aromatic rings. The molecule has 0 aliphatic rings. The fraction of sp³-hybridized carbons (Fsp3) is 0.273. The van der Waals surface area contributed by atoms with E-state index in [4.69, 9.17) is 0 Å². The summed E-state index contributed by atoms with van der Waals surface area (Å²) in [6, 6.07) is 11.8. The average Bonchev–Trinajstić information content (AvgIpc) is 2.95. The maximum Gasteiger partial charge on any atom is 0.285 e. The number of hydrogen-bond donors (Lipinski definition) is 0. The van der Waals surface area contributed by atoms with Gasteiger partial charge in [-0.1, -0.05) is 17.7 Å². The minimum atomic E-state index is -0.536. The molecule has 0 saturated carbocycles. The van der Waals surface area contributed by atoms with Crippen LogP contribution in [0.1, 0.15) is 44.1 Å². The first-order valence-electron chi connectivity index (χ1n) is 9.02. The number of aromatic nitrogens is 3. The molecular weight excluding hydrogens is 352 g/mol. The van der Waals surface area contributed by atoms with Crippen LogP contribution in [0.15, 0.2) is 35.1 Å². The Morgan fingerprint density at radius 2 is 1.75 bits per heavy atom. The maximum atomic E-state index is 12.9. The molecule has 0 fully saturated rings. The number of nitriles is 1. The highest BCUT2D eigenvalue weighted by Crippen LogP contribution is 2.22. The van der Waals surface area contributed by atoms with Crippen molar-refractivity contribution >= 4 is 5.78 Å². The third-order valence-corrected chi connectivity index (χ3v) is 5.07. The molecule has 2 heterocycles. The van der Waals surface area contributed by atoms with E-state index in [0.29, 0.717) is 16.8 Å². The molecule has 0 atom stereocenters. The van der Waals surface area contributed by atoms with Crippen molar-refractivity contribution < 1.29 is 4.79 Å². The molecule has 0 aliphatic heterocycles. The number of nitrogens with zero attached hydrogens (tertiary/aromatic N) is 4. The molecule has 0 spiro atoms. The molecule has 0 amide bonds. The van der Waals surface area contributed by atoms with Crippen LogP contribution in [0.4, 0.5) is 0 Å². The van der Waals surface area contributed by atoms with Crippen LogP contribution in [0.25, 0.3) is 5.69 Å². The predicted octanol–water partition coefficient (Wildman–Crippen LogP) is 3.33. The number of benzene rings is 1. The lowest BCUT2D eigenvalue weighted by Gasteiger charge is -2.11. The monoisotopic (exact) mass is 374 g/mol. The zero-order valence-electron chi connectivity index (χ0n) is 16.7. The normalized spacial score (nSPS) is 10.7. The van der Waals surface area contributed by atoms with Gasteiger partial charge >= 0.3 is 0 Å². The first-order chi connectivity index (χ1) is 13.2. The molecule has 142 valence electrons. The Morgan fingerprint density at radius 3 is 2.36 bits per heavy atom. The molecular formula is C22H22N4O2. The van der Waals surface area contributed by atoms with E-state index in [9.17, 15) is 14.9 Å². The highest BCUT2D eigenvalue weighted by molar-refractivity contribution is 5.97. The lowest BCUT2D eigenvalue weighted by atomic mass is 10.1. The van der Waals surface area contributed by atoms with Crippen molar-refractivity contribution in [3.8, 4) is 11.8 Å². The highest BCUT2D eigenvalue weighted by Gasteiger charge is 2.19. The minimum Gasteiger partial charge on any atom is -0.318 e. The summed E-state index contributed by atoms with van der Waals surface area (Å²) >= 11 is 0. The molecule has 0 radical (unpaired) electrons. The molecule has 1 aromatic carbocycles. The van der Waals surface area contributed by atoms with E-state index in [1.54, 1.807) is 13.8 Å². The van der Waals surface area contributed by atoms with Crippen LogP contribution in [-0.2, 0) is 6.54 Å². The Hall–Kier alpha value is -3.46. The average molecular weight is 374 g/mol. The molecule has 3 rings (SSSR count). The number of ketones is 1. The van der Waals surface area contributed by atoms with Crippen molar-refractivity contribution in [2.24, 2.45) is 0 Å². The number of carbonyl (C=O) groups excluding carboxylic acids is 1. The van der Waals surface area contributed by atoms with Crippen LogP contribution >= 0.6 is 0 Å². The first kappa shape index (κ1) is 19.3. The van der Waals surface area contributed by atoms with Crippen molar-refractivity contribution in [1.29, 1.82) is 5.26 Å². The molecule has 0 aliphatic carbocycles. The number of Topliss-reactive ketones (excluding diaryl/α,β-unsaturated/α-hetero) is 1. The van der Waals surface area contributed by atoms with Gasteiger partial charge in [0.15, 0.2) is 5.78 Å². The number of aryl methyl sites for hydroxylation is 3. The van der Waals surface area contributed by atoms with Crippen LogP contribution in [-0.4, -0.2) is 20.1 Å². The van der Waals surface area contributed by atoms with Gasteiger partial charge in [0.2, 0.25) is 0 Å². The maximum absolute atomic E-state index is 12.9. The zero-order valence-corrected chi connectivity index (χ0v) is 16.7. The van der Waals surface area contributed by atoms with E-state index in [1.807, 2.05) is 61.7 Å². The number of carbonyl (C=O) groups is 1. The summed E-state index contributed by atoms with van der Waals surface area (Å²) in [4.78, 5) is 25.4. The highest BCUT2D eigenvalue weighted by atomic mass is 16.1. The van der Waals surface area contributed by atoms with Gasteiger partial charge in [0.25, 0.3) is 5.56 Å². The molecule has 0 bridgehead atoms. The van der Waals surface area contributed by atoms with Gasteiger partial charge in [-0.3, -0.25) is 9.59 Å². The molecule has 0 saturated heterocycles. The second-order valence-electron chi connectivity index (χ2n) is 7.04. The minimum absolute atomic E-state index is 0.0328. The van der Waals surface area contributed by atoms with Gasteiger partial charge in [-0.05, 0) is 58.4 Å². The lowest BCUT2D eigenvalue weighted by molar-refractivity contribution is 0.0965. The predicted molar refractivity (Wildman–Crippen MR) is 107 cm³/mol. The van der Waals surface area contributed by atoms with E-state index in [-0.39, 0.29) is 17.9 Å². The summed E-state index contributed by atoms with van der Waals surface area (Å²) in [6.07, 6.45) is 0. The summed E-state index contributed by atoms with van der Waals surface area (Å²) in [5.41, 5.74) is 5.04. The smallest absolute Gasteiger partial charge is 0.285 e. The standard InChI is InChI=1S/C22H22N4O2/c1-13-6-8-18(9-7-13)26-14(2)10-19(17(26)5)21(27)12-25-22(28)20(11-23)15(3)16(4)24-25/h6-10H,12H2,1-5H3. The van der Waals surface area contributed by atoms with E-state index in [1.165, 1.54) is 0 Å². The Morgan fingerprint density at radius 1 is 1.11 bits per heavy atom.